The summed E-state index contributed by atoms with van der Waals surface area (Å²) in [5.41, 5.74) is 1.64. The van der Waals surface area contributed by atoms with Gasteiger partial charge in [-0.25, -0.2) is 4.98 Å². The lowest BCUT2D eigenvalue weighted by atomic mass is 10.1. The van der Waals surface area contributed by atoms with Crippen molar-refractivity contribution in [1.29, 1.82) is 0 Å². The van der Waals surface area contributed by atoms with Crippen LogP contribution in [0.15, 0.2) is 30.5 Å². The van der Waals surface area contributed by atoms with E-state index in [1.807, 2.05) is 13.8 Å². The van der Waals surface area contributed by atoms with Crippen LogP contribution in [0.25, 0.3) is 0 Å². The molecule has 4 nitrogen and oxygen atoms in total. The number of nitrogens with zero attached hydrogens (tertiary/aromatic N) is 1. The lowest BCUT2D eigenvalue weighted by Gasteiger charge is -2.17. The largest absolute Gasteiger partial charge is 0.434 e. The first-order chi connectivity index (χ1) is 9.56. The number of aromatic amines is 1. The van der Waals surface area contributed by atoms with Gasteiger partial charge in [-0.3, -0.25) is 0 Å². The topological polar surface area (TPSA) is 49.9 Å². The fraction of sp³-hybridized carbons (Fsp3) is 0.357. The number of para-hydroxylation sites is 1. The molecule has 0 aliphatic rings. The number of hydrogen-bond donors (Lipinski definition) is 2. The normalized spacial score (nSPS) is 12.7. The summed E-state index contributed by atoms with van der Waals surface area (Å²) in [6.45, 7) is 1.53. The molecule has 0 bridgehead atoms. The molecule has 0 fully saturated rings. The summed E-state index contributed by atoms with van der Waals surface area (Å²) in [5.74, 6) is 1.04. The van der Waals surface area contributed by atoms with E-state index in [1.54, 1.807) is 30.5 Å². The Labute approximate surface area is 116 Å². The van der Waals surface area contributed by atoms with Crippen LogP contribution in [0.3, 0.4) is 0 Å². The molecule has 1 heterocycles. The fourth-order valence-electron chi connectivity index (χ4n) is 1.98. The number of nitrogens with one attached hydrogen (secondary N) is 2. The maximum absolute atomic E-state index is 12.4. The van der Waals surface area contributed by atoms with Crippen molar-refractivity contribution in [3.05, 3.63) is 47.5 Å². The van der Waals surface area contributed by atoms with Crippen LogP contribution < -0.4 is 10.1 Å². The van der Waals surface area contributed by atoms with Crippen molar-refractivity contribution in [1.82, 2.24) is 15.3 Å². The van der Waals surface area contributed by atoms with Crippen molar-refractivity contribution in [2.75, 3.05) is 0 Å². The molecule has 0 amide bonds. The maximum Gasteiger partial charge on any atom is 0.387 e. The van der Waals surface area contributed by atoms with Gasteiger partial charge < -0.3 is 15.0 Å². The number of halogens is 2. The van der Waals surface area contributed by atoms with E-state index >= 15 is 0 Å². The minimum absolute atomic E-state index is 0.117. The number of rotatable bonds is 6. The first-order valence-electron chi connectivity index (χ1n) is 6.34. The summed E-state index contributed by atoms with van der Waals surface area (Å²) in [5, 5.41) is 3.25. The third kappa shape index (κ3) is 3.77. The van der Waals surface area contributed by atoms with Crippen LogP contribution in [0.4, 0.5) is 8.78 Å². The summed E-state index contributed by atoms with van der Waals surface area (Å²) in [6.07, 6.45) is 1.75. The van der Waals surface area contributed by atoms with Gasteiger partial charge in [-0.1, -0.05) is 18.2 Å². The van der Waals surface area contributed by atoms with Crippen LogP contribution in [0.5, 0.6) is 5.75 Å². The van der Waals surface area contributed by atoms with Crippen molar-refractivity contribution in [3.63, 3.8) is 0 Å². The Morgan fingerprint density at radius 2 is 2.10 bits per heavy atom. The maximum atomic E-state index is 12.4. The number of benzene rings is 1. The molecule has 20 heavy (non-hydrogen) atoms. The highest BCUT2D eigenvalue weighted by molar-refractivity contribution is 5.35. The molecular weight excluding hydrogens is 264 g/mol. The first-order valence-corrected chi connectivity index (χ1v) is 6.34. The zero-order chi connectivity index (χ0) is 14.5. The minimum atomic E-state index is -2.82. The zero-order valence-corrected chi connectivity index (χ0v) is 11.4. The number of aromatic nitrogens is 2. The Morgan fingerprint density at radius 3 is 2.75 bits per heavy atom. The molecule has 2 rings (SSSR count). The molecule has 6 heteroatoms. The molecule has 108 valence electrons. The molecule has 0 saturated heterocycles. The van der Waals surface area contributed by atoms with Gasteiger partial charge in [0.1, 0.15) is 11.6 Å². The number of aryl methyl sites for hydroxylation is 1. The quantitative estimate of drug-likeness (QED) is 0.855. The highest BCUT2D eigenvalue weighted by atomic mass is 19.3. The van der Waals surface area contributed by atoms with E-state index in [0.29, 0.717) is 12.1 Å². The lowest BCUT2D eigenvalue weighted by Crippen LogP contribution is -2.19. The molecule has 1 aromatic heterocycles. The molecule has 2 aromatic rings. The first kappa shape index (κ1) is 14.5. The monoisotopic (exact) mass is 281 g/mol. The van der Waals surface area contributed by atoms with Gasteiger partial charge >= 0.3 is 6.61 Å². The van der Waals surface area contributed by atoms with Crippen LogP contribution in [0, 0.1) is 6.92 Å². The summed E-state index contributed by atoms with van der Waals surface area (Å²) < 4.78 is 29.3. The molecule has 1 aromatic carbocycles. The van der Waals surface area contributed by atoms with Crippen LogP contribution in [-0.4, -0.2) is 16.6 Å². The fourth-order valence-corrected chi connectivity index (χ4v) is 1.98. The van der Waals surface area contributed by atoms with Gasteiger partial charge in [0.05, 0.1) is 0 Å². The number of hydrogen-bond acceptors (Lipinski definition) is 3. The molecule has 0 spiro atoms. The van der Waals surface area contributed by atoms with Crippen molar-refractivity contribution in [3.8, 4) is 5.75 Å². The standard InChI is InChI=1S/C14H17F2N3O/c1-9(17-7-11-8-18-10(2)19-11)12-5-3-4-6-13(12)20-14(15)16/h3-6,8-9,14,17H,7H2,1-2H3,(H,18,19). The van der Waals surface area contributed by atoms with E-state index in [-0.39, 0.29) is 11.8 Å². The van der Waals surface area contributed by atoms with Crippen LogP contribution >= 0.6 is 0 Å². The minimum Gasteiger partial charge on any atom is -0.434 e. The van der Waals surface area contributed by atoms with E-state index in [0.717, 1.165) is 11.5 Å². The van der Waals surface area contributed by atoms with Gasteiger partial charge in [-0.05, 0) is 19.9 Å². The molecule has 0 aliphatic heterocycles. The molecule has 1 atom stereocenters. The molecule has 0 saturated carbocycles. The summed E-state index contributed by atoms with van der Waals surface area (Å²) in [4.78, 5) is 7.21. The number of ether oxygens (including phenoxy) is 1. The van der Waals surface area contributed by atoms with Gasteiger partial charge in [-0.2, -0.15) is 8.78 Å². The van der Waals surface area contributed by atoms with Gasteiger partial charge in [0, 0.05) is 30.0 Å². The van der Waals surface area contributed by atoms with Crippen molar-refractivity contribution in [2.24, 2.45) is 0 Å². The van der Waals surface area contributed by atoms with Crippen molar-refractivity contribution < 1.29 is 13.5 Å². The second-order valence-corrected chi connectivity index (χ2v) is 4.51. The van der Waals surface area contributed by atoms with E-state index < -0.39 is 6.61 Å². The van der Waals surface area contributed by atoms with Gasteiger partial charge in [0.15, 0.2) is 0 Å². The lowest BCUT2D eigenvalue weighted by molar-refractivity contribution is -0.0506. The summed E-state index contributed by atoms with van der Waals surface area (Å²) in [7, 11) is 0. The van der Waals surface area contributed by atoms with E-state index in [1.165, 1.54) is 0 Å². The second-order valence-electron chi connectivity index (χ2n) is 4.51. The second kappa shape index (κ2) is 6.47. The van der Waals surface area contributed by atoms with E-state index in [4.69, 9.17) is 0 Å². The molecular formula is C14H17F2N3O. The Morgan fingerprint density at radius 1 is 1.35 bits per heavy atom. The molecule has 0 radical (unpaired) electrons. The summed E-state index contributed by atoms with van der Waals surface area (Å²) in [6, 6.07) is 6.67. The average Bonchev–Trinajstić information content (AvgIpc) is 2.82. The van der Waals surface area contributed by atoms with Crippen LogP contribution in [0.2, 0.25) is 0 Å². The van der Waals surface area contributed by atoms with Crippen LogP contribution in [-0.2, 0) is 6.54 Å². The van der Waals surface area contributed by atoms with Crippen molar-refractivity contribution in [2.45, 2.75) is 33.0 Å². The average molecular weight is 281 g/mol. The Kier molecular flexibility index (Phi) is 4.68. The molecule has 2 N–H and O–H groups in total. The van der Waals surface area contributed by atoms with Gasteiger partial charge in [0.25, 0.3) is 0 Å². The van der Waals surface area contributed by atoms with Gasteiger partial charge in [-0.15, -0.1) is 0 Å². The molecule has 1 unspecified atom stereocenters. The number of alkyl halides is 2. The predicted molar refractivity (Wildman–Crippen MR) is 71.7 cm³/mol. The van der Waals surface area contributed by atoms with Gasteiger partial charge in [0.2, 0.25) is 0 Å². The highest BCUT2D eigenvalue weighted by Gasteiger charge is 2.14. The van der Waals surface area contributed by atoms with E-state index in [2.05, 4.69) is 20.0 Å². The summed E-state index contributed by atoms with van der Waals surface area (Å²) >= 11 is 0. The third-order valence-electron chi connectivity index (χ3n) is 2.96. The Bertz CT molecular complexity index is 557. The number of imidazole rings is 1. The Hall–Kier alpha value is -1.95. The van der Waals surface area contributed by atoms with E-state index in [9.17, 15) is 8.78 Å². The third-order valence-corrected chi connectivity index (χ3v) is 2.96. The highest BCUT2D eigenvalue weighted by Crippen LogP contribution is 2.26. The van der Waals surface area contributed by atoms with Crippen molar-refractivity contribution >= 4 is 0 Å². The smallest absolute Gasteiger partial charge is 0.387 e. The Balaban J connectivity index is 2.03. The SMILES string of the molecule is Cc1ncc(CNC(C)c2ccccc2OC(F)F)[nH]1. The number of H-pyrrole nitrogens is 1. The predicted octanol–water partition coefficient (Wildman–Crippen LogP) is 3.17. The molecule has 0 aliphatic carbocycles. The zero-order valence-electron chi connectivity index (χ0n) is 11.4. The van der Waals surface area contributed by atoms with Crippen LogP contribution in [0.1, 0.15) is 30.0 Å².